The molecule has 5 nitrogen and oxygen atoms in total. The van der Waals surface area contributed by atoms with Crippen molar-refractivity contribution in [3.63, 3.8) is 0 Å². The first-order chi connectivity index (χ1) is 13.2. The smallest absolute Gasteiger partial charge is 0.354 e. The zero-order valence-electron chi connectivity index (χ0n) is 14.7. The van der Waals surface area contributed by atoms with Gasteiger partial charge in [0.05, 0.1) is 6.61 Å². The Morgan fingerprint density at radius 1 is 1.04 bits per heavy atom. The van der Waals surface area contributed by atoms with Gasteiger partial charge in [-0.2, -0.15) is 0 Å². The second-order valence-electron chi connectivity index (χ2n) is 6.05. The van der Waals surface area contributed by atoms with Crippen LogP contribution in [0.1, 0.15) is 33.3 Å². The third kappa shape index (κ3) is 3.15. The fraction of sp³-hybridized carbons (Fsp3) is 0.0909. The van der Waals surface area contributed by atoms with Gasteiger partial charge >= 0.3 is 5.97 Å². The Kier molecular flexibility index (Phi) is 4.34. The summed E-state index contributed by atoms with van der Waals surface area (Å²) in [5.41, 5.74) is 2.75. The number of benzene rings is 2. The molecule has 0 atom stereocenters. The van der Waals surface area contributed by atoms with Crippen LogP contribution >= 0.6 is 0 Å². The molecular weight excluding hydrogens is 342 g/mol. The number of carbonyl (C=O) groups excluding carboxylic acids is 2. The van der Waals surface area contributed by atoms with Crippen molar-refractivity contribution in [2.24, 2.45) is 0 Å². The number of esters is 1. The molecule has 0 spiro atoms. The van der Waals surface area contributed by atoms with Gasteiger partial charge < -0.3 is 14.1 Å². The predicted octanol–water partition coefficient (Wildman–Crippen LogP) is 4.84. The number of fused-ring (bicyclic) bond motifs is 1. The Balaban J connectivity index is 1.72. The molecule has 2 aromatic heterocycles. The number of ketones is 1. The Morgan fingerprint density at radius 2 is 1.85 bits per heavy atom. The van der Waals surface area contributed by atoms with Gasteiger partial charge in [-0.3, -0.25) is 4.79 Å². The third-order valence-corrected chi connectivity index (χ3v) is 4.30. The van der Waals surface area contributed by atoms with Crippen LogP contribution in [0.25, 0.3) is 22.3 Å². The molecular formula is C22H17NO4. The van der Waals surface area contributed by atoms with Crippen LogP contribution < -0.4 is 0 Å². The van der Waals surface area contributed by atoms with Crippen molar-refractivity contribution in [1.29, 1.82) is 0 Å². The average Bonchev–Trinajstić information content (AvgIpc) is 3.35. The molecule has 0 aliphatic carbocycles. The van der Waals surface area contributed by atoms with Gasteiger partial charge in [0.25, 0.3) is 0 Å². The first-order valence-electron chi connectivity index (χ1n) is 8.65. The van der Waals surface area contributed by atoms with E-state index in [9.17, 15) is 9.59 Å². The standard InChI is InChI=1S/C22H17NO4/c1-2-26-22(25)18-11-15(13-23-18)21(24)16-9-6-10-19-17(16)12-20(27-19)14-7-4-3-5-8-14/h3-13,23H,2H2,1H3. The second-order valence-corrected chi connectivity index (χ2v) is 6.05. The van der Waals surface area contributed by atoms with E-state index in [1.54, 1.807) is 19.1 Å². The molecule has 27 heavy (non-hydrogen) atoms. The van der Waals surface area contributed by atoms with Crippen LogP contribution in [-0.2, 0) is 4.74 Å². The highest BCUT2D eigenvalue weighted by Gasteiger charge is 2.19. The maximum absolute atomic E-state index is 13.0. The van der Waals surface area contributed by atoms with Crippen molar-refractivity contribution in [1.82, 2.24) is 4.98 Å². The molecule has 134 valence electrons. The largest absolute Gasteiger partial charge is 0.461 e. The van der Waals surface area contributed by atoms with Crippen LogP contribution in [0.5, 0.6) is 0 Å². The molecule has 4 rings (SSSR count). The Hall–Kier alpha value is -3.60. The van der Waals surface area contributed by atoms with Crippen molar-refractivity contribution in [3.05, 3.63) is 83.7 Å². The molecule has 0 aliphatic rings. The van der Waals surface area contributed by atoms with Gasteiger partial charge in [-0.05, 0) is 25.1 Å². The first-order valence-corrected chi connectivity index (χ1v) is 8.65. The fourth-order valence-electron chi connectivity index (χ4n) is 3.01. The summed E-state index contributed by atoms with van der Waals surface area (Å²) in [4.78, 5) is 27.6. The van der Waals surface area contributed by atoms with E-state index < -0.39 is 5.97 Å². The molecule has 0 unspecified atom stereocenters. The number of nitrogens with one attached hydrogen (secondary N) is 1. The number of hydrogen-bond acceptors (Lipinski definition) is 4. The van der Waals surface area contributed by atoms with E-state index in [0.717, 1.165) is 10.9 Å². The number of aromatic nitrogens is 1. The molecule has 0 aliphatic heterocycles. The molecule has 0 fully saturated rings. The van der Waals surface area contributed by atoms with Gasteiger partial charge in [0.15, 0.2) is 5.78 Å². The Bertz CT molecular complexity index is 1120. The lowest BCUT2D eigenvalue weighted by Gasteiger charge is -2.00. The number of aromatic amines is 1. The van der Waals surface area contributed by atoms with Crippen LogP contribution in [0.3, 0.4) is 0 Å². The minimum atomic E-state index is -0.482. The summed E-state index contributed by atoms with van der Waals surface area (Å²) in [5, 5.41) is 0.736. The minimum Gasteiger partial charge on any atom is -0.461 e. The summed E-state index contributed by atoms with van der Waals surface area (Å²) in [5.74, 6) is 0.0318. The first kappa shape index (κ1) is 16.8. The van der Waals surface area contributed by atoms with Crippen molar-refractivity contribution in [3.8, 4) is 11.3 Å². The zero-order chi connectivity index (χ0) is 18.8. The van der Waals surface area contributed by atoms with E-state index in [1.807, 2.05) is 42.5 Å². The quantitative estimate of drug-likeness (QED) is 0.409. The highest BCUT2D eigenvalue weighted by atomic mass is 16.5. The van der Waals surface area contributed by atoms with E-state index in [1.165, 1.54) is 12.3 Å². The van der Waals surface area contributed by atoms with Crippen molar-refractivity contribution < 1.29 is 18.7 Å². The monoisotopic (exact) mass is 359 g/mol. The van der Waals surface area contributed by atoms with Gasteiger partial charge in [0, 0.05) is 28.3 Å². The summed E-state index contributed by atoms with van der Waals surface area (Å²) >= 11 is 0. The Morgan fingerprint density at radius 3 is 2.63 bits per heavy atom. The lowest BCUT2D eigenvalue weighted by atomic mass is 10.0. The number of furan rings is 1. The summed E-state index contributed by atoms with van der Waals surface area (Å²) in [7, 11) is 0. The van der Waals surface area contributed by atoms with E-state index in [0.29, 0.717) is 22.5 Å². The molecule has 0 bridgehead atoms. The number of H-pyrrole nitrogens is 1. The van der Waals surface area contributed by atoms with Crippen LogP contribution in [0.15, 0.2) is 71.3 Å². The van der Waals surface area contributed by atoms with Gasteiger partial charge in [0.2, 0.25) is 0 Å². The van der Waals surface area contributed by atoms with Gasteiger partial charge in [-0.25, -0.2) is 4.79 Å². The van der Waals surface area contributed by atoms with E-state index in [-0.39, 0.29) is 18.1 Å². The number of carbonyl (C=O) groups is 2. The van der Waals surface area contributed by atoms with Crippen molar-refractivity contribution >= 4 is 22.7 Å². The van der Waals surface area contributed by atoms with Crippen LogP contribution in [0, 0.1) is 0 Å². The predicted molar refractivity (Wildman–Crippen MR) is 102 cm³/mol. The highest BCUT2D eigenvalue weighted by molar-refractivity contribution is 6.16. The topological polar surface area (TPSA) is 72.3 Å². The van der Waals surface area contributed by atoms with Crippen molar-refractivity contribution in [2.45, 2.75) is 6.92 Å². The van der Waals surface area contributed by atoms with Gasteiger partial charge in [-0.1, -0.05) is 42.5 Å². The molecule has 2 heterocycles. The van der Waals surface area contributed by atoms with Gasteiger partial charge in [-0.15, -0.1) is 0 Å². The lowest BCUT2D eigenvalue weighted by molar-refractivity contribution is 0.0520. The maximum Gasteiger partial charge on any atom is 0.354 e. The summed E-state index contributed by atoms with van der Waals surface area (Å²) in [6.07, 6.45) is 1.52. The zero-order valence-corrected chi connectivity index (χ0v) is 14.7. The lowest BCUT2D eigenvalue weighted by Crippen LogP contribution is -2.04. The molecule has 0 saturated heterocycles. The Labute approximate surface area is 155 Å². The summed E-state index contributed by atoms with van der Waals surface area (Å²) in [6.45, 7) is 2.01. The average molecular weight is 359 g/mol. The number of ether oxygens (including phenoxy) is 1. The summed E-state index contributed by atoms with van der Waals surface area (Å²) < 4.78 is 10.9. The van der Waals surface area contributed by atoms with Gasteiger partial charge in [0.1, 0.15) is 17.0 Å². The van der Waals surface area contributed by atoms with Crippen LogP contribution in [-0.4, -0.2) is 23.3 Å². The molecule has 4 aromatic rings. The molecule has 0 radical (unpaired) electrons. The molecule has 2 aromatic carbocycles. The number of hydrogen-bond donors (Lipinski definition) is 1. The molecule has 0 saturated carbocycles. The van der Waals surface area contributed by atoms with E-state index in [2.05, 4.69) is 4.98 Å². The minimum absolute atomic E-state index is 0.187. The van der Waals surface area contributed by atoms with E-state index >= 15 is 0 Å². The second kappa shape index (κ2) is 6.96. The van der Waals surface area contributed by atoms with Crippen LogP contribution in [0.4, 0.5) is 0 Å². The highest BCUT2D eigenvalue weighted by Crippen LogP contribution is 2.30. The number of rotatable bonds is 5. The fourth-order valence-corrected chi connectivity index (χ4v) is 3.01. The van der Waals surface area contributed by atoms with Crippen LogP contribution in [0.2, 0.25) is 0 Å². The van der Waals surface area contributed by atoms with E-state index in [4.69, 9.17) is 9.15 Å². The molecule has 5 heteroatoms. The normalized spacial score (nSPS) is 10.9. The molecule has 1 N–H and O–H groups in total. The summed E-state index contributed by atoms with van der Waals surface area (Å²) in [6, 6.07) is 18.5. The maximum atomic E-state index is 13.0. The third-order valence-electron chi connectivity index (χ3n) is 4.30. The SMILES string of the molecule is CCOC(=O)c1cc(C(=O)c2cccc3oc(-c4ccccc4)cc23)c[nH]1. The molecule has 0 amide bonds. The van der Waals surface area contributed by atoms with Crippen molar-refractivity contribution in [2.75, 3.05) is 6.61 Å².